The molecular weight excluding hydrogens is 252 g/mol. The molecule has 5 nitrogen and oxygen atoms in total. The number of hydrogen-bond donors (Lipinski definition) is 1. The summed E-state index contributed by atoms with van der Waals surface area (Å²) in [6, 6.07) is 0. The fourth-order valence-electron chi connectivity index (χ4n) is 2.59. The molecule has 0 bridgehead atoms. The van der Waals surface area contributed by atoms with Gasteiger partial charge in [0.15, 0.2) is 0 Å². The molecule has 112 valence electrons. The lowest BCUT2D eigenvalue weighted by molar-refractivity contribution is -0.122. The molecule has 0 aromatic carbocycles. The van der Waals surface area contributed by atoms with Gasteiger partial charge in [0.05, 0.1) is 0 Å². The zero-order valence-electron chi connectivity index (χ0n) is 12.9. The van der Waals surface area contributed by atoms with Crippen molar-refractivity contribution in [1.29, 1.82) is 0 Å². The SMILES string of the molecule is CC(C)(C)CC(=O)NCCc1nnc2n1CCCCC2. The zero-order valence-corrected chi connectivity index (χ0v) is 12.9. The third kappa shape index (κ3) is 4.32. The number of nitrogens with zero attached hydrogens (tertiary/aromatic N) is 3. The van der Waals surface area contributed by atoms with E-state index in [0.29, 0.717) is 13.0 Å². The molecule has 2 heterocycles. The maximum absolute atomic E-state index is 11.8. The molecule has 1 aromatic rings. The van der Waals surface area contributed by atoms with Crippen LogP contribution in [-0.2, 0) is 24.2 Å². The summed E-state index contributed by atoms with van der Waals surface area (Å²) in [5.41, 5.74) is 0.0377. The van der Waals surface area contributed by atoms with Crippen molar-refractivity contribution in [3.05, 3.63) is 11.6 Å². The Morgan fingerprint density at radius 1 is 1.25 bits per heavy atom. The molecule has 1 aromatic heterocycles. The lowest BCUT2D eigenvalue weighted by Crippen LogP contribution is -2.29. The number of hydrogen-bond acceptors (Lipinski definition) is 3. The van der Waals surface area contributed by atoms with E-state index < -0.39 is 0 Å². The highest BCUT2D eigenvalue weighted by molar-refractivity contribution is 5.76. The summed E-state index contributed by atoms with van der Waals surface area (Å²) < 4.78 is 2.24. The Labute approximate surface area is 121 Å². The van der Waals surface area contributed by atoms with Crippen LogP contribution in [0.15, 0.2) is 0 Å². The Morgan fingerprint density at radius 3 is 2.80 bits per heavy atom. The van der Waals surface area contributed by atoms with Crippen molar-refractivity contribution in [1.82, 2.24) is 20.1 Å². The average Bonchev–Trinajstić information content (AvgIpc) is 2.57. The second-order valence-electron chi connectivity index (χ2n) is 6.83. The van der Waals surface area contributed by atoms with Crippen LogP contribution in [0.5, 0.6) is 0 Å². The van der Waals surface area contributed by atoms with E-state index in [4.69, 9.17) is 0 Å². The molecule has 0 radical (unpaired) electrons. The number of nitrogens with one attached hydrogen (secondary N) is 1. The molecule has 1 aliphatic heterocycles. The summed E-state index contributed by atoms with van der Waals surface area (Å²) in [4.78, 5) is 11.8. The predicted octanol–water partition coefficient (Wildman–Crippen LogP) is 2.10. The maximum atomic E-state index is 11.8. The number of carbonyl (C=O) groups excluding carboxylic acids is 1. The quantitative estimate of drug-likeness (QED) is 0.917. The van der Waals surface area contributed by atoms with Crippen molar-refractivity contribution in [2.45, 2.75) is 65.8 Å². The molecular formula is C15H26N4O. The van der Waals surface area contributed by atoms with Crippen LogP contribution in [0.4, 0.5) is 0 Å². The number of aromatic nitrogens is 3. The first kappa shape index (κ1) is 15.0. The lowest BCUT2D eigenvalue weighted by Gasteiger charge is -2.17. The van der Waals surface area contributed by atoms with Crippen LogP contribution < -0.4 is 5.32 Å². The molecule has 1 amide bonds. The Kier molecular flexibility index (Phi) is 4.78. The Morgan fingerprint density at radius 2 is 2.05 bits per heavy atom. The molecule has 2 rings (SSSR count). The minimum Gasteiger partial charge on any atom is -0.356 e. The van der Waals surface area contributed by atoms with Crippen LogP contribution in [-0.4, -0.2) is 27.2 Å². The van der Waals surface area contributed by atoms with Gasteiger partial charge in [-0.05, 0) is 18.3 Å². The third-order valence-electron chi connectivity index (χ3n) is 3.55. The predicted molar refractivity (Wildman–Crippen MR) is 78.4 cm³/mol. The van der Waals surface area contributed by atoms with Crippen molar-refractivity contribution in [3.8, 4) is 0 Å². The maximum Gasteiger partial charge on any atom is 0.220 e. The minimum absolute atomic E-state index is 0.0377. The first-order valence-corrected chi connectivity index (χ1v) is 7.63. The van der Waals surface area contributed by atoms with E-state index in [1.54, 1.807) is 0 Å². The monoisotopic (exact) mass is 278 g/mol. The topological polar surface area (TPSA) is 59.8 Å². The second-order valence-corrected chi connectivity index (χ2v) is 6.83. The van der Waals surface area contributed by atoms with Crippen molar-refractivity contribution in [2.75, 3.05) is 6.54 Å². The van der Waals surface area contributed by atoms with E-state index in [1.807, 2.05) is 0 Å². The Bertz CT molecular complexity index is 459. The van der Waals surface area contributed by atoms with Gasteiger partial charge < -0.3 is 9.88 Å². The molecule has 1 aliphatic rings. The normalized spacial score (nSPS) is 15.6. The second kappa shape index (κ2) is 6.37. The standard InChI is InChI=1S/C15H26N4O/c1-15(2,3)11-14(20)16-9-8-13-18-17-12-7-5-4-6-10-19(12)13/h4-11H2,1-3H3,(H,16,20). The zero-order chi connectivity index (χ0) is 14.6. The van der Waals surface area contributed by atoms with Gasteiger partial charge in [-0.2, -0.15) is 0 Å². The highest BCUT2D eigenvalue weighted by atomic mass is 16.1. The molecule has 0 fully saturated rings. The van der Waals surface area contributed by atoms with Gasteiger partial charge in [-0.1, -0.05) is 27.2 Å². The molecule has 1 N–H and O–H groups in total. The van der Waals surface area contributed by atoms with Crippen molar-refractivity contribution in [3.63, 3.8) is 0 Å². The van der Waals surface area contributed by atoms with E-state index in [9.17, 15) is 4.79 Å². The van der Waals surface area contributed by atoms with E-state index >= 15 is 0 Å². The number of aryl methyl sites for hydroxylation is 1. The first-order valence-electron chi connectivity index (χ1n) is 7.63. The fourth-order valence-corrected chi connectivity index (χ4v) is 2.59. The van der Waals surface area contributed by atoms with Gasteiger partial charge in [0.2, 0.25) is 5.91 Å². The molecule has 0 saturated heterocycles. The van der Waals surface area contributed by atoms with E-state index in [0.717, 1.165) is 31.0 Å². The third-order valence-corrected chi connectivity index (χ3v) is 3.55. The van der Waals surface area contributed by atoms with Gasteiger partial charge >= 0.3 is 0 Å². The van der Waals surface area contributed by atoms with E-state index in [2.05, 4.69) is 40.9 Å². The van der Waals surface area contributed by atoms with Crippen molar-refractivity contribution >= 4 is 5.91 Å². The van der Waals surface area contributed by atoms with Crippen LogP contribution in [0.3, 0.4) is 0 Å². The Balaban J connectivity index is 1.83. The molecule has 0 saturated carbocycles. The summed E-state index contributed by atoms with van der Waals surface area (Å²) in [7, 11) is 0. The number of rotatable bonds is 4. The van der Waals surface area contributed by atoms with Gasteiger partial charge in [-0.15, -0.1) is 10.2 Å². The summed E-state index contributed by atoms with van der Waals surface area (Å²) in [6.45, 7) is 7.89. The molecule has 20 heavy (non-hydrogen) atoms. The van der Waals surface area contributed by atoms with E-state index in [-0.39, 0.29) is 11.3 Å². The van der Waals surface area contributed by atoms with Crippen LogP contribution in [0.1, 0.15) is 58.1 Å². The average molecular weight is 278 g/mol. The summed E-state index contributed by atoms with van der Waals surface area (Å²) in [5, 5.41) is 11.5. The largest absolute Gasteiger partial charge is 0.356 e. The summed E-state index contributed by atoms with van der Waals surface area (Å²) >= 11 is 0. The molecule has 0 atom stereocenters. The van der Waals surface area contributed by atoms with Crippen molar-refractivity contribution in [2.24, 2.45) is 5.41 Å². The lowest BCUT2D eigenvalue weighted by atomic mass is 9.92. The highest BCUT2D eigenvalue weighted by Crippen LogP contribution is 2.18. The Hall–Kier alpha value is -1.39. The van der Waals surface area contributed by atoms with Gasteiger partial charge in [0.1, 0.15) is 11.6 Å². The van der Waals surface area contributed by atoms with Gasteiger partial charge in [0.25, 0.3) is 0 Å². The van der Waals surface area contributed by atoms with Gasteiger partial charge in [-0.3, -0.25) is 4.79 Å². The number of carbonyl (C=O) groups is 1. The van der Waals surface area contributed by atoms with Crippen LogP contribution in [0.2, 0.25) is 0 Å². The molecule has 0 aliphatic carbocycles. The molecule has 5 heteroatoms. The smallest absolute Gasteiger partial charge is 0.220 e. The van der Waals surface area contributed by atoms with Gasteiger partial charge in [0, 0.05) is 32.4 Å². The molecule has 0 spiro atoms. The molecule has 0 unspecified atom stereocenters. The number of fused-ring (bicyclic) bond motifs is 1. The fraction of sp³-hybridized carbons (Fsp3) is 0.800. The van der Waals surface area contributed by atoms with Crippen LogP contribution in [0.25, 0.3) is 0 Å². The van der Waals surface area contributed by atoms with Crippen molar-refractivity contribution < 1.29 is 4.79 Å². The minimum atomic E-state index is 0.0377. The summed E-state index contributed by atoms with van der Waals surface area (Å²) in [6.07, 6.45) is 6.04. The first-order chi connectivity index (χ1) is 9.46. The van der Waals surface area contributed by atoms with Crippen LogP contribution >= 0.6 is 0 Å². The van der Waals surface area contributed by atoms with E-state index in [1.165, 1.54) is 19.3 Å². The highest BCUT2D eigenvalue weighted by Gasteiger charge is 2.17. The number of amides is 1. The van der Waals surface area contributed by atoms with Crippen LogP contribution in [0, 0.1) is 5.41 Å². The van der Waals surface area contributed by atoms with Gasteiger partial charge in [-0.25, -0.2) is 0 Å². The summed E-state index contributed by atoms with van der Waals surface area (Å²) in [5.74, 6) is 2.24.